The lowest BCUT2D eigenvalue weighted by atomic mass is 9.88. The van der Waals surface area contributed by atoms with E-state index in [1.807, 2.05) is 36.4 Å². The molecule has 0 saturated carbocycles. The van der Waals surface area contributed by atoms with Crippen molar-refractivity contribution >= 4 is 64.6 Å². The number of benzene rings is 11. The lowest BCUT2D eigenvalue weighted by Gasteiger charge is -2.17. The normalized spacial score (nSPS) is 11.7. The second kappa shape index (κ2) is 13.8. The van der Waals surface area contributed by atoms with Crippen LogP contribution in [0.2, 0.25) is 0 Å². The summed E-state index contributed by atoms with van der Waals surface area (Å²) < 4.78 is 0. The van der Waals surface area contributed by atoms with E-state index in [4.69, 9.17) is 15.0 Å². The Labute approximate surface area is 346 Å². The molecule has 0 bridgehead atoms. The minimum atomic E-state index is 0.639. The molecule has 0 amide bonds. The zero-order valence-corrected chi connectivity index (χ0v) is 32.5. The fourth-order valence-electron chi connectivity index (χ4n) is 9.27. The Morgan fingerprint density at radius 3 is 1.12 bits per heavy atom. The predicted molar refractivity (Wildman–Crippen MR) is 252 cm³/mol. The molecule has 1 heterocycles. The monoisotopic (exact) mass is 761 g/mol. The van der Waals surface area contributed by atoms with Crippen LogP contribution in [0.1, 0.15) is 0 Å². The first kappa shape index (κ1) is 34.1. The van der Waals surface area contributed by atoms with Gasteiger partial charge in [0.1, 0.15) is 0 Å². The van der Waals surface area contributed by atoms with E-state index < -0.39 is 0 Å². The minimum absolute atomic E-state index is 0.639. The van der Waals surface area contributed by atoms with Gasteiger partial charge in [-0.15, -0.1) is 0 Å². The van der Waals surface area contributed by atoms with E-state index in [2.05, 4.69) is 176 Å². The van der Waals surface area contributed by atoms with Gasteiger partial charge in [0.25, 0.3) is 0 Å². The number of hydrogen-bond acceptors (Lipinski definition) is 3. The third kappa shape index (κ3) is 5.55. The molecule has 3 heteroatoms. The number of rotatable bonds is 5. The molecule has 0 N–H and O–H groups in total. The number of hydrogen-bond donors (Lipinski definition) is 0. The topological polar surface area (TPSA) is 38.7 Å². The zero-order chi connectivity index (χ0) is 39.6. The molecule has 278 valence electrons. The second-order valence-corrected chi connectivity index (χ2v) is 15.5. The van der Waals surface area contributed by atoms with Gasteiger partial charge in [0.05, 0.1) is 0 Å². The standard InChI is InChI=1S/C57H35N3/c1-3-16-36(17-4-1)55-58-56(37-18-5-2-6-19-37)60-57(59-55)53-35-41(34-52-48-28-12-10-25-45(48)46-26-13-14-29-50(46)54(52)53)39-21-15-20-38(32-39)40-30-31-49-44-24-8-7-22-42(44)43-23-9-11-27-47(43)51(49)33-40/h1-35H. The first-order chi connectivity index (χ1) is 29.7. The molecular formula is C57H35N3. The summed E-state index contributed by atoms with van der Waals surface area (Å²) in [5.74, 6) is 1.92. The molecule has 0 unspecified atom stereocenters. The molecule has 0 spiro atoms. The Bertz CT molecular complexity index is 3560. The first-order valence-corrected chi connectivity index (χ1v) is 20.4. The fraction of sp³-hybridized carbons (Fsp3) is 0. The summed E-state index contributed by atoms with van der Waals surface area (Å²) in [5, 5.41) is 14.7. The van der Waals surface area contributed by atoms with Crippen LogP contribution < -0.4 is 0 Å². The predicted octanol–water partition coefficient (Wildman–Crippen LogP) is 15.1. The summed E-state index contributed by atoms with van der Waals surface area (Å²) in [6.45, 7) is 0. The fourth-order valence-corrected chi connectivity index (χ4v) is 9.27. The third-order valence-electron chi connectivity index (χ3n) is 12.1. The summed E-state index contributed by atoms with van der Waals surface area (Å²) in [6.07, 6.45) is 0. The maximum atomic E-state index is 5.29. The highest BCUT2D eigenvalue weighted by Crippen LogP contribution is 2.44. The highest BCUT2D eigenvalue weighted by Gasteiger charge is 2.20. The summed E-state index contributed by atoms with van der Waals surface area (Å²) in [5.41, 5.74) is 7.41. The summed E-state index contributed by atoms with van der Waals surface area (Å²) >= 11 is 0. The van der Waals surface area contributed by atoms with Crippen molar-refractivity contribution in [3.05, 3.63) is 212 Å². The van der Waals surface area contributed by atoms with E-state index in [0.29, 0.717) is 17.5 Å². The highest BCUT2D eigenvalue weighted by molar-refractivity contribution is 6.29. The molecule has 12 rings (SSSR count). The lowest BCUT2D eigenvalue weighted by molar-refractivity contribution is 1.08. The SMILES string of the molecule is c1ccc(-c2nc(-c3ccccc3)nc(-c3cc(-c4cccc(-c5ccc6c7ccccc7c7ccccc7c6c5)c4)cc4c5ccccc5c5ccccc5c34)n2)cc1. The van der Waals surface area contributed by atoms with Gasteiger partial charge in [0, 0.05) is 22.1 Å². The Balaban J connectivity index is 1.12. The van der Waals surface area contributed by atoms with E-state index in [0.717, 1.165) is 44.2 Å². The number of nitrogens with zero attached hydrogens (tertiary/aromatic N) is 3. The summed E-state index contributed by atoms with van der Waals surface area (Å²) in [7, 11) is 0. The molecule has 0 saturated heterocycles. The van der Waals surface area contributed by atoms with E-state index in [1.165, 1.54) is 59.4 Å². The van der Waals surface area contributed by atoms with E-state index in [9.17, 15) is 0 Å². The molecule has 0 atom stereocenters. The van der Waals surface area contributed by atoms with Crippen LogP contribution in [0.25, 0.3) is 121 Å². The van der Waals surface area contributed by atoms with Crippen molar-refractivity contribution in [1.82, 2.24) is 15.0 Å². The molecule has 3 nitrogen and oxygen atoms in total. The van der Waals surface area contributed by atoms with E-state index in [1.54, 1.807) is 0 Å². The van der Waals surface area contributed by atoms with Gasteiger partial charge in [-0.3, -0.25) is 0 Å². The molecule has 0 aliphatic rings. The van der Waals surface area contributed by atoms with Crippen LogP contribution in [0.3, 0.4) is 0 Å². The Morgan fingerprint density at radius 2 is 0.567 bits per heavy atom. The van der Waals surface area contributed by atoms with E-state index in [-0.39, 0.29) is 0 Å². The molecule has 1 aromatic heterocycles. The van der Waals surface area contributed by atoms with Crippen molar-refractivity contribution in [1.29, 1.82) is 0 Å². The molecule has 0 aliphatic carbocycles. The smallest absolute Gasteiger partial charge is 0.164 e. The highest BCUT2D eigenvalue weighted by atomic mass is 15.0. The van der Waals surface area contributed by atoms with Gasteiger partial charge >= 0.3 is 0 Å². The average Bonchev–Trinajstić information content (AvgIpc) is 3.34. The molecule has 0 radical (unpaired) electrons. The van der Waals surface area contributed by atoms with Crippen LogP contribution >= 0.6 is 0 Å². The van der Waals surface area contributed by atoms with Crippen LogP contribution in [0.15, 0.2) is 212 Å². The third-order valence-corrected chi connectivity index (χ3v) is 12.1. The Morgan fingerprint density at radius 1 is 0.200 bits per heavy atom. The number of aromatic nitrogens is 3. The summed E-state index contributed by atoms with van der Waals surface area (Å²) in [4.78, 5) is 15.6. The van der Waals surface area contributed by atoms with Gasteiger partial charge in [0.2, 0.25) is 0 Å². The van der Waals surface area contributed by atoms with Gasteiger partial charge in [-0.05, 0) is 106 Å². The number of fused-ring (bicyclic) bond motifs is 12. The minimum Gasteiger partial charge on any atom is -0.208 e. The maximum absolute atomic E-state index is 5.29. The van der Waals surface area contributed by atoms with Gasteiger partial charge in [-0.2, -0.15) is 0 Å². The van der Waals surface area contributed by atoms with Crippen molar-refractivity contribution in [3.63, 3.8) is 0 Å². The van der Waals surface area contributed by atoms with Crippen LogP contribution in [0.5, 0.6) is 0 Å². The van der Waals surface area contributed by atoms with Crippen LogP contribution in [-0.4, -0.2) is 15.0 Å². The van der Waals surface area contributed by atoms with Gasteiger partial charge in [-0.25, -0.2) is 15.0 Å². The van der Waals surface area contributed by atoms with Gasteiger partial charge < -0.3 is 0 Å². The van der Waals surface area contributed by atoms with Crippen LogP contribution in [-0.2, 0) is 0 Å². The molecule has 60 heavy (non-hydrogen) atoms. The van der Waals surface area contributed by atoms with Crippen molar-refractivity contribution in [3.8, 4) is 56.4 Å². The Hall–Kier alpha value is -8.01. The molecule has 12 aromatic rings. The average molecular weight is 762 g/mol. The van der Waals surface area contributed by atoms with Crippen molar-refractivity contribution < 1.29 is 0 Å². The Kier molecular flexibility index (Phi) is 7.85. The first-order valence-electron chi connectivity index (χ1n) is 20.4. The molecule has 11 aromatic carbocycles. The van der Waals surface area contributed by atoms with Gasteiger partial charge in [-0.1, -0.05) is 188 Å². The van der Waals surface area contributed by atoms with Crippen molar-refractivity contribution in [2.24, 2.45) is 0 Å². The van der Waals surface area contributed by atoms with Crippen LogP contribution in [0.4, 0.5) is 0 Å². The summed E-state index contributed by atoms with van der Waals surface area (Å²) in [6, 6.07) is 76.0. The van der Waals surface area contributed by atoms with Crippen LogP contribution in [0, 0.1) is 0 Å². The second-order valence-electron chi connectivity index (χ2n) is 15.5. The quantitative estimate of drug-likeness (QED) is 0.164. The maximum Gasteiger partial charge on any atom is 0.164 e. The van der Waals surface area contributed by atoms with Gasteiger partial charge in [0.15, 0.2) is 17.5 Å². The van der Waals surface area contributed by atoms with Crippen molar-refractivity contribution in [2.75, 3.05) is 0 Å². The van der Waals surface area contributed by atoms with Crippen molar-refractivity contribution in [2.45, 2.75) is 0 Å². The zero-order valence-electron chi connectivity index (χ0n) is 32.5. The molecule has 0 aliphatic heterocycles. The largest absolute Gasteiger partial charge is 0.208 e. The molecular weight excluding hydrogens is 727 g/mol. The lowest BCUT2D eigenvalue weighted by Crippen LogP contribution is -2.01. The molecule has 0 fully saturated rings. The van der Waals surface area contributed by atoms with E-state index >= 15 is 0 Å².